The predicted molar refractivity (Wildman–Crippen MR) is 74.4 cm³/mol. The monoisotopic (exact) mass is 255 g/mol. The van der Waals surface area contributed by atoms with Gasteiger partial charge in [-0.3, -0.25) is 0 Å². The second-order valence-electron chi connectivity index (χ2n) is 4.67. The van der Waals surface area contributed by atoms with E-state index in [2.05, 4.69) is 43.2 Å². The van der Waals surface area contributed by atoms with Gasteiger partial charge < -0.3 is 5.32 Å². The van der Waals surface area contributed by atoms with Crippen LogP contribution in [0.1, 0.15) is 63.0 Å². The van der Waals surface area contributed by atoms with Crippen LogP contribution in [0.2, 0.25) is 0 Å². The van der Waals surface area contributed by atoms with Crippen molar-refractivity contribution in [3.63, 3.8) is 0 Å². The largest absolute Gasteiger partial charge is 0.308 e. The van der Waals surface area contributed by atoms with Crippen LogP contribution in [0.5, 0.6) is 0 Å². The summed E-state index contributed by atoms with van der Waals surface area (Å²) in [4.78, 5) is 0. The smallest absolute Gasteiger partial charge is 0.134 e. The zero-order valence-corrected chi connectivity index (χ0v) is 12.3. The minimum atomic E-state index is 0.387. The van der Waals surface area contributed by atoms with Crippen molar-refractivity contribution in [2.24, 2.45) is 5.92 Å². The normalized spacial score (nSPS) is 14.8. The molecule has 98 valence electrons. The molecular weight excluding hydrogens is 230 g/mol. The summed E-state index contributed by atoms with van der Waals surface area (Å²) in [6.07, 6.45) is 4.52. The van der Waals surface area contributed by atoms with Gasteiger partial charge in [0.25, 0.3) is 0 Å². The van der Waals surface area contributed by atoms with Gasteiger partial charge in [-0.2, -0.15) is 0 Å². The third kappa shape index (κ3) is 4.72. The molecule has 1 N–H and O–H groups in total. The molecule has 17 heavy (non-hydrogen) atoms. The lowest BCUT2D eigenvalue weighted by atomic mass is 10.1. The highest BCUT2D eigenvalue weighted by Gasteiger charge is 2.15. The average molecular weight is 255 g/mol. The van der Waals surface area contributed by atoms with Crippen molar-refractivity contribution in [3.05, 3.63) is 10.0 Å². The number of nitrogens with zero attached hydrogens (tertiary/aromatic N) is 2. The fourth-order valence-corrected chi connectivity index (χ4v) is 2.82. The van der Waals surface area contributed by atoms with Crippen molar-refractivity contribution in [2.45, 2.75) is 59.4 Å². The Morgan fingerprint density at radius 1 is 1.18 bits per heavy atom. The van der Waals surface area contributed by atoms with Gasteiger partial charge in [0.1, 0.15) is 10.0 Å². The highest BCUT2D eigenvalue weighted by atomic mass is 32.1. The number of hydrogen-bond donors (Lipinski definition) is 1. The first kappa shape index (κ1) is 14.6. The maximum absolute atomic E-state index is 4.33. The Morgan fingerprint density at radius 2 is 1.94 bits per heavy atom. The van der Waals surface area contributed by atoms with Crippen LogP contribution in [0.25, 0.3) is 0 Å². The molecule has 0 fully saturated rings. The van der Waals surface area contributed by atoms with Gasteiger partial charge in [0, 0.05) is 6.42 Å². The Morgan fingerprint density at radius 3 is 2.53 bits per heavy atom. The summed E-state index contributed by atoms with van der Waals surface area (Å²) in [6, 6.07) is 0.387. The van der Waals surface area contributed by atoms with Gasteiger partial charge in [0.2, 0.25) is 0 Å². The molecule has 0 spiro atoms. The number of aromatic nitrogens is 2. The van der Waals surface area contributed by atoms with Crippen molar-refractivity contribution in [2.75, 3.05) is 6.54 Å². The lowest BCUT2D eigenvalue weighted by molar-refractivity contribution is 0.512. The van der Waals surface area contributed by atoms with Crippen molar-refractivity contribution in [3.8, 4) is 0 Å². The van der Waals surface area contributed by atoms with Crippen LogP contribution in [-0.2, 0) is 6.42 Å². The zero-order chi connectivity index (χ0) is 12.7. The summed E-state index contributed by atoms with van der Waals surface area (Å²) in [5.41, 5.74) is 0. The van der Waals surface area contributed by atoms with Crippen molar-refractivity contribution >= 4 is 11.3 Å². The molecule has 0 aromatic carbocycles. The van der Waals surface area contributed by atoms with Gasteiger partial charge in [-0.15, -0.1) is 10.2 Å². The molecule has 3 nitrogen and oxygen atoms in total. The Hall–Kier alpha value is -0.480. The Kier molecular flexibility index (Phi) is 6.66. The fourth-order valence-electron chi connectivity index (χ4n) is 1.66. The first-order valence-electron chi connectivity index (χ1n) is 6.76. The molecule has 0 radical (unpaired) electrons. The summed E-state index contributed by atoms with van der Waals surface area (Å²) in [5, 5.41) is 14.5. The van der Waals surface area contributed by atoms with E-state index in [9.17, 15) is 0 Å². The SMILES string of the molecule is CCCNC(CC)c1nnc(CC(C)CC)s1. The second-order valence-corrected chi connectivity index (χ2v) is 5.76. The maximum Gasteiger partial charge on any atom is 0.134 e. The third-order valence-corrected chi connectivity index (χ3v) is 4.11. The van der Waals surface area contributed by atoms with Crippen LogP contribution < -0.4 is 5.32 Å². The predicted octanol–water partition coefficient (Wildman–Crippen LogP) is 3.58. The molecule has 1 aromatic heterocycles. The maximum atomic E-state index is 4.33. The molecule has 2 atom stereocenters. The summed E-state index contributed by atoms with van der Waals surface area (Å²) in [5.74, 6) is 0.708. The van der Waals surface area contributed by atoms with Gasteiger partial charge in [0.15, 0.2) is 0 Å². The molecule has 1 aromatic rings. The van der Waals surface area contributed by atoms with E-state index in [1.54, 1.807) is 11.3 Å². The topological polar surface area (TPSA) is 37.8 Å². The first-order chi connectivity index (χ1) is 8.21. The van der Waals surface area contributed by atoms with Crippen molar-refractivity contribution < 1.29 is 0 Å². The summed E-state index contributed by atoms with van der Waals surface area (Å²) in [7, 11) is 0. The highest BCUT2D eigenvalue weighted by molar-refractivity contribution is 7.11. The lowest BCUT2D eigenvalue weighted by Gasteiger charge is -2.12. The average Bonchev–Trinajstić information content (AvgIpc) is 2.78. The molecule has 0 aliphatic carbocycles. The Labute approximate surface area is 109 Å². The van der Waals surface area contributed by atoms with E-state index in [0.717, 1.165) is 30.8 Å². The van der Waals surface area contributed by atoms with E-state index < -0.39 is 0 Å². The van der Waals surface area contributed by atoms with Crippen molar-refractivity contribution in [1.29, 1.82) is 0 Å². The number of hydrogen-bond acceptors (Lipinski definition) is 4. The quantitative estimate of drug-likeness (QED) is 0.771. The van der Waals surface area contributed by atoms with Gasteiger partial charge in [-0.05, 0) is 25.3 Å². The third-order valence-electron chi connectivity index (χ3n) is 3.05. The van der Waals surface area contributed by atoms with Gasteiger partial charge in [-0.1, -0.05) is 45.5 Å². The molecule has 1 rings (SSSR count). The molecule has 0 bridgehead atoms. The molecule has 4 heteroatoms. The summed E-state index contributed by atoms with van der Waals surface area (Å²) >= 11 is 1.77. The van der Waals surface area contributed by atoms with Crippen molar-refractivity contribution in [1.82, 2.24) is 15.5 Å². The molecule has 0 saturated heterocycles. The zero-order valence-electron chi connectivity index (χ0n) is 11.5. The lowest BCUT2D eigenvalue weighted by Crippen LogP contribution is -2.21. The van der Waals surface area contributed by atoms with E-state index in [4.69, 9.17) is 0 Å². The van der Waals surface area contributed by atoms with E-state index in [0.29, 0.717) is 12.0 Å². The van der Waals surface area contributed by atoms with Crippen LogP contribution in [0, 0.1) is 5.92 Å². The molecule has 0 amide bonds. The molecule has 0 saturated carbocycles. The van der Waals surface area contributed by atoms with Gasteiger partial charge in [-0.25, -0.2) is 0 Å². The second kappa shape index (κ2) is 7.77. The van der Waals surface area contributed by atoms with Gasteiger partial charge in [0.05, 0.1) is 6.04 Å². The summed E-state index contributed by atoms with van der Waals surface area (Å²) in [6.45, 7) is 9.94. The van der Waals surface area contributed by atoms with Gasteiger partial charge >= 0.3 is 0 Å². The standard InChI is InChI=1S/C13H25N3S/c1-5-8-14-11(7-3)13-16-15-12(17-13)9-10(4)6-2/h10-11,14H,5-9H2,1-4H3. The Balaban J connectivity index is 2.58. The van der Waals surface area contributed by atoms with Crippen LogP contribution in [-0.4, -0.2) is 16.7 Å². The van der Waals surface area contributed by atoms with Crippen LogP contribution in [0.4, 0.5) is 0 Å². The van der Waals surface area contributed by atoms with E-state index in [1.807, 2.05) is 0 Å². The fraction of sp³-hybridized carbons (Fsp3) is 0.846. The van der Waals surface area contributed by atoms with Crippen LogP contribution >= 0.6 is 11.3 Å². The molecular formula is C13H25N3S. The molecule has 0 aliphatic rings. The molecule has 2 unspecified atom stereocenters. The van der Waals surface area contributed by atoms with E-state index >= 15 is 0 Å². The highest BCUT2D eigenvalue weighted by Crippen LogP contribution is 2.23. The van der Waals surface area contributed by atoms with Crippen LogP contribution in [0.15, 0.2) is 0 Å². The number of nitrogens with one attached hydrogen (secondary N) is 1. The Bertz CT molecular complexity index is 311. The first-order valence-corrected chi connectivity index (χ1v) is 7.58. The van der Waals surface area contributed by atoms with E-state index in [-0.39, 0.29) is 0 Å². The molecule has 1 heterocycles. The van der Waals surface area contributed by atoms with E-state index in [1.165, 1.54) is 11.4 Å². The summed E-state index contributed by atoms with van der Waals surface area (Å²) < 4.78 is 0. The molecule has 0 aliphatic heterocycles. The minimum absolute atomic E-state index is 0.387. The minimum Gasteiger partial charge on any atom is -0.308 e. The number of rotatable bonds is 8. The van der Waals surface area contributed by atoms with Crippen LogP contribution in [0.3, 0.4) is 0 Å².